The van der Waals surface area contributed by atoms with Crippen LogP contribution in [0.1, 0.15) is 15.9 Å². The number of nitrogens with zero attached hydrogens (tertiary/aromatic N) is 1. The molecule has 0 bridgehead atoms. The number of nitrogens with one attached hydrogen (secondary N) is 1. The highest BCUT2D eigenvalue weighted by Gasteiger charge is 2.13. The molecule has 1 N–H and O–H groups in total. The smallest absolute Gasteiger partial charge is 0.343 e. The zero-order chi connectivity index (χ0) is 22.2. The van der Waals surface area contributed by atoms with Crippen LogP contribution in [-0.2, 0) is 9.53 Å². The first-order valence-electron chi connectivity index (χ1n) is 9.38. The van der Waals surface area contributed by atoms with E-state index < -0.39 is 5.97 Å². The van der Waals surface area contributed by atoms with Gasteiger partial charge in [0.2, 0.25) is 5.88 Å². The van der Waals surface area contributed by atoms with Crippen LogP contribution >= 0.6 is 0 Å². The van der Waals surface area contributed by atoms with Gasteiger partial charge in [-0.05, 0) is 43.3 Å². The van der Waals surface area contributed by atoms with Gasteiger partial charge in [0.1, 0.15) is 5.75 Å². The van der Waals surface area contributed by atoms with Crippen molar-refractivity contribution < 1.29 is 28.5 Å². The van der Waals surface area contributed by atoms with E-state index in [1.165, 1.54) is 26.5 Å². The molecule has 0 saturated heterocycles. The molecule has 8 nitrogen and oxygen atoms in total. The number of benzene rings is 2. The zero-order valence-corrected chi connectivity index (χ0v) is 17.4. The van der Waals surface area contributed by atoms with Gasteiger partial charge in [-0.3, -0.25) is 4.79 Å². The van der Waals surface area contributed by atoms with E-state index in [9.17, 15) is 9.59 Å². The molecular formula is C23H22N2O6. The molecule has 0 fully saturated rings. The minimum absolute atomic E-state index is 0.263. The third kappa shape index (κ3) is 5.96. The number of carbonyl (C=O) groups excluding carboxylic acids is 2. The summed E-state index contributed by atoms with van der Waals surface area (Å²) in [5.74, 6) is 0.852. The number of methoxy groups -OCH3 is 2. The van der Waals surface area contributed by atoms with Crippen LogP contribution in [0.3, 0.4) is 0 Å². The summed E-state index contributed by atoms with van der Waals surface area (Å²) in [6, 6.07) is 15.6. The number of ether oxygens (including phenoxy) is 4. The molecule has 1 aromatic heterocycles. The average molecular weight is 422 g/mol. The van der Waals surface area contributed by atoms with E-state index in [1.54, 1.807) is 24.3 Å². The minimum atomic E-state index is -0.522. The van der Waals surface area contributed by atoms with Crippen LogP contribution in [0.15, 0.2) is 60.8 Å². The van der Waals surface area contributed by atoms with Gasteiger partial charge >= 0.3 is 5.97 Å². The highest BCUT2D eigenvalue weighted by molar-refractivity contribution is 6.04. The molecule has 0 radical (unpaired) electrons. The standard InChI is InChI=1S/C23H22N2O6/c1-15-4-8-18(9-5-15)31-21-11-7-17(13-24-21)25-23(27)16-6-10-19(20(12-16)28-2)30-14-22(26)29-3/h4-13H,14H2,1-3H3,(H,25,27). The normalized spacial score (nSPS) is 10.2. The molecule has 0 unspecified atom stereocenters. The van der Waals surface area contributed by atoms with Crippen molar-refractivity contribution >= 4 is 17.6 Å². The summed E-state index contributed by atoms with van der Waals surface area (Å²) in [4.78, 5) is 28.0. The van der Waals surface area contributed by atoms with Gasteiger partial charge < -0.3 is 24.3 Å². The van der Waals surface area contributed by atoms with Gasteiger partial charge in [0.05, 0.1) is 26.1 Å². The summed E-state index contributed by atoms with van der Waals surface area (Å²) in [7, 11) is 2.71. The SMILES string of the molecule is COC(=O)COc1ccc(C(=O)Nc2ccc(Oc3ccc(C)cc3)nc2)cc1OC. The van der Waals surface area contributed by atoms with E-state index in [-0.39, 0.29) is 12.5 Å². The van der Waals surface area contributed by atoms with Crippen LogP contribution in [-0.4, -0.2) is 37.7 Å². The molecule has 3 rings (SSSR count). The monoisotopic (exact) mass is 422 g/mol. The second-order valence-corrected chi connectivity index (χ2v) is 6.48. The Hall–Kier alpha value is -4.07. The second kappa shape index (κ2) is 10.1. The van der Waals surface area contributed by atoms with Gasteiger partial charge in [-0.25, -0.2) is 9.78 Å². The number of esters is 1. The summed E-state index contributed by atoms with van der Waals surface area (Å²) < 4.78 is 20.8. The second-order valence-electron chi connectivity index (χ2n) is 6.48. The lowest BCUT2D eigenvalue weighted by Crippen LogP contribution is -2.14. The molecular weight excluding hydrogens is 400 g/mol. The van der Waals surface area contributed by atoms with Crippen molar-refractivity contribution in [3.63, 3.8) is 0 Å². The number of rotatable bonds is 8. The quantitative estimate of drug-likeness (QED) is 0.548. The van der Waals surface area contributed by atoms with Crippen LogP contribution in [0.2, 0.25) is 0 Å². The number of hydrogen-bond acceptors (Lipinski definition) is 7. The lowest BCUT2D eigenvalue weighted by molar-refractivity contribution is -0.142. The molecule has 1 heterocycles. The number of aryl methyl sites for hydroxylation is 1. The Bertz CT molecular complexity index is 1050. The summed E-state index contributed by atoms with van der Waals surface area (Å²) in [6.07, 6.45) is 1.51. The highest BCUT2D eigenvalue weighted by Crippen LogP contribution is 2.28. The maximum Gasteiger partial charge on any atom is 0.343 e. The predicted molar refractivity (Wildman–Crippen MR) is 114 cm³/mol. The van der Waals surface area contributed by atoms with Crippen molar-refractivity contribution in [3.8, 4) is 23.1 Å². The van der Waals surface area contributed by atoms with Crippen molar-refractivity contribution in [2.24, 2.45) is 0 Å². The summed E-state index contributed by atoms with van der Waals surface area (Å²) >= 11 is 0. The van der Waals surface area contributed by atoms with Gasteiger partial charge in [-0.1, -0.05) is 17.7 Å². The molecule has 8 heteroatoms. The van der Waals surface area contributed by atoms with Crippen LogP contribution < -0.4 is 19.5 Å². The summed E-state index contributed by atoms with van der Waals surface area (Å²) in [6.45, 7) is 1.74. The van der Waals surface area contributed by atoms with Crippen molar-refractivity contribution in [1.82, 2.24) is 4.98 Å². The Morgan fingerprint density at radius 2 is 1.74 bits per heavy atom. The summed E-state index contributed by atoms with van der Waals surface area (Å²) in [5, 5.41) is 2.76. The van der Waals surface area contributed by atoms with E-state index in [0.717, 1.165) is 5.56 Å². The number of aromatic nitrogens is 1. The molecule has 0 aliphatic heterocycles. The zero-order valence-electron chi connectivity index (χ0n) is 17.4. The fourth-order valence-electron chi connectivity index (χ4n) is 2.57. The van der Waals surface area contributed by atoms with Crippen molar-refractivity contribution in [2.75, 3.05) is 26.1 Å². The van der Waals surface area contributed by atoms with Crippen molar-refractivity contribution in [3.05, 3.63) is 71.9 Å². The van der Waals surface area contributed by atoms with Crippen molar-refractivity contribution in [2.45, 2.75) is 6.92 Å². The topological polar surface area (TPSA) is 96.0 Å². The Morgan fingerprint density at radius 3 is 2.39 bits per heavy atom. The highest BCUT2D eigenvalue weighted by atomic mass is 16.6. The first kappa shape index (κ1) is 21.6. The van der Waals surface area contributed by atoms with E-state index in [1.807, 2.05) is 31.2 Å². The first-order valence-corrected chi connectivity index (χ1v) is 9.38. The van der Waals surface area contributed by atoms with Crippen LogP contribution in [0.4, 0.5) is 5.69 Å². The molecule has 0 spiro atoms. The van der Waals surface area contributed by atoms with E-state index in [2.05, 4.69) is 15.0 Å². The molecule has 0 saturated carbocycles. The van der Waals surface area contributed by atoms with Crippen molar-refractivity contribution in [1.29, 1.82) is 0 Å². The Balaban J connectivity index is 1.63. The average Bonchev–Trinajstić information content (AvgIpc) is 2.80. The molecule has 1 amide bonds. The number of pyridine rings is 1. The Kier molecular flexibility index (Phi) is 7.05. The maximum absolute atomic E-state index is 12.6. The van der Waals surface area contributed by atoms with Crippen LogP contribution in [0.5, 0.6) is 23.1 Å². The third-order valence-corrected chi connectivity index (χ3v) is 4.24. The Labute approximate surface area is 179 Å². The fourth-order valence-corrected chi connectivity index (χ4v) is 2.57. The number of hydrogen-bond donors (Lipinski definition) is 1. The molecule has 2 aromatic carbocycles. The van der Waals surface area contributed by atoms with Gasteiger partial charge in [0, 0.05) is 11.6 Å². The van der Waals surface area contributed by atoms with E-state index in [4.69, 9.17) is 14.2 Å². The lowest BCUT2D eigenvalue weighted by atomic mass is 10.2. The molecule has 0 aliphatic rings. The number of carbonyl (C=O) groups is 2. The Morgan fingerprint density at radius 1 is 0.968 bits per heavy atom. The van der Waals surface area contributed by atoms with Gasteiger partial charge in [0.25, 0.3) is 5.91 Å². The van der Waals surface area contributed by atoms with E-state index >= 15 is 0 Å². The molecule has 160 valence electrons. The largest absolute Gasteiger partial charge is 0.493 e. The summed E-state index contributed by atoms with van der Waals surface area (Å²) in [5.41, 5.74) is 1.99. The third-order valence-electron chi connectivity index (χ3n) is 4.24. The molecule has 0 atom stereocenters. The number of anilines is 1. The molecule has 0 aliphatic carbocycles. The number of amides is 1. The first-order chi connectivity index (χ1) is 15.0. The maximum atomic E-state index is 12.6. The van der Waals surface area contributed by atoms with Crippen LogP contribution in [0.25, 0.3) is 0 Å². The van der Waals surface area contributed by atoms with Gasteiger partial charge in [-0.2, -0.15) is 0 Å². The minimum Gasteiger partial charge on any atom is -0.493 e. The van der Waals surface area contributed by atoms with Gasteiger partial charge in [-0.15, -0.1) is 0 Å². The fraction of sp³-hybridized carbons (Fsp3) is 0.174. The molecule has 3 aromatic rings. The van der Waals surface area contributed by atoms with E-state index in [0.29, 0.717) is 34.4 Å². The molecule has 31 heavy (non-hydrogen) atoms. The predicted octanol–water partition coefficient (Wildman–Crippen LogP) is 4.00. The van der Waals surface area contributed by atoms with Gasteiger partial charge in [0.15, 0.2) is 18.1 Å². The lowest BCUT2D eigenvalue weighted by Gasteiger charge is -2.12. The van der Waals surface area contributed by atoms with Crippen LogP contribution in [0, 0.1) is 6.92 Å².